The number of carbonyl (C=O) groups is 1. The number of furan rings is 1. The maximum absolute atomic E-state index is 12.0. The minimum atomic E-state index is -0.101. The molecule has 3 N–H and O–H groups in total. The molecule has 0 bridgehead atoms. The third-order valence-electron chi connectivity index (χ3n) is 3.19. The van der Waals surface area contributed by atoms with Crippen LogP contribution in [0.25, 0.3) is 0 Å². The van der Waals surface area contributed by atoms with E-state index in [1.54, 1.807) is 6.26 Å². The van der Waals surface area contributed by atoms with E-state index in [9.17, 15) is 4.79 Å². The Morgan fingerprint density at radius 1 is 1.44 bits per heavy atom. The lowest BCUT2D eigenvalue weighted by Crippen LogP contribution is -2.42. The van der Waals surface area contributed by atoms with Gasteiger partial charge in [-0.2, -0.15) is 0 Å². The Hall–Kier alpha value is -1.29. The number of nitrogens with one attached hydrogen (secondary N) is 1. The van der Waals surface area contributed by atoms with E-state index in [1.807, 2.05) is 32.9 Å². The summed E-state index contributed by atoms with van der Waals surface area (Å²) >= 11 is 0. The molecule has 1 amide bonds. The van der Waals surface area contributed by atoms with Crippen LogP contribution in [-0.4, -0.2) is 18.5 Å². The first-order chi connectivity index (χ1) is 8.54. The molecule has 0 saturated heterocycles. The molecule has 1 heterocycles. The largest absolute Gasteiger partial charge is 0.469 e. The Morgan fingerprint density at radius 2 is 2.17 bits per heavy atom. The molecule has 0 aromatic carbocycles. The summed E-state index contributed by atoms with van der Waals surface area (Å²) in [6, 6.07) is 3.96. The molecule has 4 heteroatoms. The van der Waals surface area contributed by atoms with Crippen molar-refractivity contribution in [2.75, 3.05) is 6.54 Å². The molecule has 102 valence electrons. The summed E-state index contributed by atoms with van der Waals surface area (Å²) in [7, 11) is 0. The number of rotatable bonds is 7. The van der Waals surface area contributed by atoms with Crippen molar-refractivity contribution in [3.8, 4) is 0 Å². The molecule has 1 aromatic heterocycles. The fraction of sp³-hybridized carbons (Fsp3) is 0.643. The fourth-order valence-corrected chi connectivity index (χ4v) is 1.92. The molecule has 0 aliphatic heterocycles. The molecule has 0 aliphatic rings. The Kier molecular flexibility index (Phi) is 5.92. The maximum atomic E-state index is 12.0. The van der Waals surface area contributed by atoms with Crippen LogP contribution in [0.1, 0.15) is 33.0 Å². The van der Waals surface area contributed by atoms with Gasteiger partial charge in [-0.15, -0.1) is 0 Å². The van der Waals surface area contributed by atoms with Gasteiger partial charge in [0.05, 0.1) is 12.2 Å². The lowest BCUT2D eigenvalue weighted by atomic mass is 9.94. The highest BCUT2D eigenvalue weighted by Crippen LogP contribution is 2.11. The summed E-state index contributed by atoms with van der Waals surface area (Å²) in [5.74, 6) is 1.18. The van der Waals surface area contributed by atoms with Gasteiger partial charge in [0.2, 0.25) is 5.91 Å². The minimum Gasteiger partial charge on any atom is -0.469 e. The molecule has 4 nitrogen and oxygen atoms in total. The standard InChI is InChI=1S/C14H24N2O2/c1-10(2)13(9-15)14(17)16-11(3)6-7-12-5-4-8-18-12/h4-5,8,10-11,13H,6-7,9,15H2,1-3H3,(H,16,17). The average molecular weight is 252 g/mol. The van der Waals surface area contributed by atoms with Crippen LogP contribution in [-0.2, 0) is 11.2 Å². The Balaban J connectivity index is 2.34. The zero-order valence-corrected chi connectivity index (χ0v) is 11.5. The lowest BCUT2D eigenvalue weighted by Gasteiger charge is -2.21. The van der Waals surface area contributed by atoms with E-state index in [0.717, 1.165) is 18.6 Å². The number of carbonyl (C=O) groups excluding carboxylic acids is 1. The Morgan fingerprint density at radius 3 is 2.67 bits per heavy atom. The van der Waals surface area contributed by atoms with Crippen molar-refractivity contribution in [3.05, 3.63) is 24.2 Å². The molecule has 18 heavy (non-hydrogen) atoms. The van der Waals surface area contributed by atoms with Crippen LogP contribution in [0.15, 0.2) is 22.8 Å². The number of amides is 1. The van der Waals surface area contributed by atoms with E-state index >= 15 is 0 Å². The molecule has 2 atom stereocenters. The molecule has 1 aromatic rings. The smallest absolute Gasteiger partial charge is 0.224 e. The van der Waals surface area contributed by atoms with Gasteiger partial charge in [-0.05, 0) is 31.4 Å². The first-order valence-electron chi connectivity index (χ1n) is 6.57. The highest BCUT2D eigenvalue weighted by molar-refractivity contribution is 5.79. The normalized spacial score (nSPS) is 14.5. The molecule has 0 saturated carbocycles. The predicted molar refractivity (Wildman–Crippen MR) is 72.0 cm³/mol. The van der Waals surface area contributed by atoms with Gasteiger partial charge in [-0.1, -0.05) is 13.8 Å². The van der Waals surface area contributed by atoms with Gasteiger partial charge in [0, 0.05) is 19.0 Å². The fourth-order valence-electron chi connectivity index (χ4n) is 1.92. The van der Waals surface area contributed by atoms with Gasteiger partial charge < -0.3 is 15.5 Å². The van der Waals surface area contributed by atoms with Gasteiger partial charge in [-0.3, -0.25) is 4.79 Å². The lowest BCUT2D eigenvalue weighted by molar-refractivity contribution is -0.126. The quantitative estimate of drug-likeness (QED) is 0.779. The second-order valence-corrected chi connectivity index (χ2v) is 5.11. The van der Waals surface area contributed by atoms with Crippen LogP contribution in [0.5, 0.6) is 0 Å². The van der Waals surface area contributed by atoms with Crippen LogP contribution >= 0.6 is 0 Å². The van der Waals surface area contributed by atoms with Gasteiger partial charge in [0.1, 0.15) is 5.76 Å². The number of aryl methyl sites for hydroxylation is 1. The van der Waals surface area contributed by atoms with Crippen LogP contribution in [0.4, 0.5) is 0 Å². The topological polar surface area (TPSA) is 68.3 Å². The van der Waals surface area contributed by atoms with Crippen LogP contribution in [0.2, 0.25) is 0 Å². The van der Waals surface area contributed by atoms with E-state index in [0.29, 0.717) is 6.54 Å². The second kappa shape index (κ2) is 7.21. The number of hydrogen-bond donors (Lipinski definition) is 2. The molecular weight excluding hydrogens is 228 g/mol. The van der Waals surface area contributed by atoms with Crippen molar-refractivity contribution in [3.63, 3.8) is 0 Å². The third kappa shape index (κ3) is 4.53. The summed E-state index contributed by atoms with van der Waals surface area (Å²) in [5.41, 5.74) is 5.63. The van der Waals surface area contributed by atoms with Crippen LogP contribution < -0.4 is 11.1 Å². The highest BCUT2D eigenvalue weighted by atomic mass is 16.3. The van der Waals surface area contributed by atoms with Gasteiger partial charge in [0.15, 0.2) is 0 Å². The van der Waals surface area contributed by atoms with Crippen molar-refractivity contribution >= 4 is 5.91 Å². The van der Waals surface area contributed by atoms with Crippen molar-refractivity contribution in [2.24, 2.45) is 17.6 Å². The average Bonchev–Trinajstić information content (AvgIpc) is 2.79. The van der Waals surface area contributed by atoms with E-state index in [-0.39, 0.29) is 23.8 Å². The zero-order valence-electron chi connectivity index (χ0n) is 11.5. The molecule has 1 rings (SSSR count). The van der Waals surface area contributed by atoms with E-state index in [2.05, 4.69) is 5.32 Å². The van der Waals surface area contributed by atoms with Crippen LogP contribution in [0.3, 0.4) is 0 Å². The van der Waals surface area contributed by atoms with Crippen molar-refractivity contribution in [1.29, 1.82) is 0 Å². The predicted octanol–water partition coefficient (Wildman–Crippen LogP) is 1.95. The third-order valence-corrected chi connectivity index (χ3v) is 3.19. The van der Waals surface area contributed by atoms with Gasteiger partial charge in [0.25, 0.3) is 0 Å². The molecule has 0 radical (unpaired) electrons. The molecule has 0 fully saturated rings. The maximum Gasteiger partial charge on any atom is 0.224 e. The summed E-state index contributed by atoms with van der Waals surface area (Å²) in [6.07, 6.45) is 3.37. The highest BCUT2D eigenvalue weighted by Gasteiger charge is 2.21. The molecular formula is C14H24N2O2. The summed E-state index contributed by atoms with van der Waals surface area (Å²) < 4.78 is 5.26. The monoisotopic (exact) mass is 252 g/mol. The van der Waals surface area contributed by atoms with Gasteiger partial charge in [-0.25, -0.2) is 0 Å². The van der Waals surface area contributed by atoms with Crippen LogP contribution in [0, 0.1) is 11.8 Å². The number of hydrogen-bond acceptors (Lipinski definition) is 3. The zero-order chi connectivity index (χ0) is 13.5. The van der Waals surface area contributed by atoms with Crippen molar-refractivity contribution in [1.82, 2.24) is 5.32 Å². The first-order valence-corrected chi connectivity index (χ1v) is 6.57. The van der Waals surface area contributed by atoms with E-state index < -0.39 is 0 Å². The summed E-state index contributed by atoms with van der Waals surface area (Å²) in [4.78, 5) is 12.0. The molecule has 2 unspecified atom stereocenters. The first kappa shape index (κ1) is 14.8. The van der Waals surface area contributed by atoms with E-state index in [4.69, 9.17) is 10.2 Å². The van der Waals surface area contributed by atoms with E-state index in [1.165, 1.54) is 0 Å². The summed E-state index contributed by atoms with van der Waals surface area (Å²) in [6.45, 7) is 6.44. The second-order valence-electron chi connectivity index (χ2n) is 5.11. The minimum absolute atomic E-state index is 0.0550. The molecule has 0 aliphatic carbocycles. The number of nitrogens with two attached hydrogens (primary N) is 1. The van der Waals surface area contributed by atoms with Gasteiger partial charge >= 0.3 is 0 Å². The van der Waals surface area contributed by atoms with Crippen molar-refractivity contribution in [2.45, 2.75) is 39.7 Å². The Labute approximate surface area is 109 Å². The molecule has 0 spiro atoms. The summed E-state index contributed by atoms with van der Waals surface area (Å²) in [5, 5.41) is 3.01. The Bertz CT molecular complexity index is 347. The SMILES string of the molecule is CC(CCc1ccco1)NC(=O)C(CN)C(C)C. The van der Waals surface area contributed by atoms with Crippen molar-refractivity contribution < 1.29 is 9.21 Å².